The fourth-order valence-electron chi connectivity index (χ4n) is 7.59. The van der Waals surface area contributed by atoms with Gasteiger partial charge in [-0.3, -0.25) is 9.59 Å². The van der Waals surface area contributed by atoms with Crippen molar-refractivity contribution in [3.63, 3.8) is 0 Å². The van der Waals surface area contributed by atoms with Crippen molar-refractivity contribution in [2.24, 2.45) is 40.4 Å². The lowest BCUT2D eigenvalue weighted by Gasteiger charge is -2.56. The molecule has 0 aromatic rings. The first kappa shape index (κ1) is 21.9. The van der Waals surface area contributed by atoms with Crippen LogP contribution >= 0.6 is 0 Å². The second kappa shape index (κ2) is 7.97. The third-order valence-electron chi connectivity index (χ3n) is 8.79. The zero-order valence-electron chi connectivity index (χ0n) is 18.2. The minimum Gasteiger partial charge on any atom is -0.347 e. The summed E-state index contributed by atoms with van der Waals surface area (Å²) in [6, 6.07) is 0. The molecular formula is C24H34O6. The van der Waals surface area contributed by atoms with Gasteiger partial charge in [-0.05, 0) is 73.3 Å². The molecule has 0 aromatic carbocycles. The van der Waals surface area contributed by atoms with Crippen molar-refractivity contribution in [1.29, 1.82) is 0 Å². The topological polar surface area (TPSA) is 93.1 Å². The predicted octanol–water partition coefficient (Wildman–Crippen LogP) is 2.98. The van der Waals surface area contributed by atoms with E-state index in [4.69, 9.17) is 14.9 Å². The van der Waals surface area contributed by atoms with E-state index in [0.29, 0.717) is 23.7 Å². The molecule has 0 aliphatic heterocycles. The Morgan fingerprint density at radius 1 is 1.27 bits per heavy atom. The van der Waals surface area contributed by atoms with Crippen molar-refractivity contribution in [3.8, 4) is 0 Å². The van der Waals surface area contributed by atoms with Crippen LogP contribution in [0.1, 0.15) is 52.9 Å². The third kappa shape index (κ3) is 3.52. The van der Waals surface area contributed by atoms with Crippen LogP contribution in [0, 0.1) is 40.4 Å². The summed E-state index contributed by atoms with van der Waals surface area (Å²) in [4.78, 5) is 25.0. The van der Waals surface area contributed by atoms with Crippen molar-refractivity contribution in [2.75, 3.05) is 13.4 Å². The Balaban J connectivity index is 1.50. The second-order valence-corrected chi connectivity index (χ2v) is 10.3. The van der Waals surface area contributed by atoms with Crippen LogP contribution in [0.2, 0.25) is 0 Å². The van der Waals surface area contributed by atoms with Crippen molar-refractivity contribution < 1.29 is 29.3 Å². The maximum atomic E-state index is 13.1. The van der Waals surface area contributed by atoms with Gasteiger partial charge in [0.1, 0.15) is 6.61 Å². The molecule has 0 aromatic heterocycles. The first-order chi connectivity index (χ1) is 14.2. The zero-order valence-corrected chi connectivity index (χ0v) is 18.2. The molecule has 0 amide bonds. The van der Waals surface area contributed by atoms with E-state index in [1.54, 1.807) is 6.08 Å². The third-order valence-corrected chi connectivity index (χ3v) is 8.79. The van der Waals surface area contributed by atoms with E-state index in [2.05, 4.69) is 31.6 Å². The van der Waals surface area contributed by atoms with E-state index in [1.165, 1.54) is 5.57 Å². The van der Waals surface area contributed by atoms with Crippen molar-refractivity contribution >= 4 is 11.6 Å². The molecule has 166 valence electrons. The molecule has 3 saturated carbocycles. The molecule has 3 fully saturated rings. The number of Topliss-reactive ketones (excluding diaryl/α,β-unsaturated/α-hetero) is 1. The largest absolute Gasteiger partial charge is 0.347 e. The molecule has 6 nitrogen and oxygen atoms in total. The molecule has 4 aliphatic carbocycles. The number of rotatable bonds is 6. The van der Waals surface area contributed by atoms with Crippen LogP contribution in [-0.2, 0) is 19.1 Å². The number of ketones is 2. The molecule has 0 spiro atoms. The SMILES string of the molecule is C[C@H]1C[C@H]2[C@@H]3CCC4=CC(=O)C=C[C@]4(C)[C@H]3CC[C@]2(C)[C@H]1C(=O)COCOC(O)O. The summed E-state index contributed by atoms with van der Waals surface area (Å²) in [6.07, 6.45) is 10.9. The predicted molar refractivity (Wildman–Crippen MR) is 110 cm³/mol. The van der Waals surface area contributed by atoms with Gasteiger partial charge in [0, 0.05) is 11.3 Å². The molecule has 0 unspecified atom stereocenters. The monoisotopic (exact) mass is 418 g/mol. The minimum absolute atomic E-state index is 0.0327. The van der Waals surface area contributed by atoms with Crippen LogP contribution in [-0.4, -0.2) is 41.7 Å². The highest BCUT2D eigenvalue weighted by Gasteiger charge is 2.61. The van der Waals surface area contributed by atoms with Gasteiger partial charge in [0.05, 0.1) is 0 Å². The number of aliphatic hydroxyl groups excluding tert-OH is 1. The highest BCUT2D eigenvalue weighted by atomic mass is 16.8. The quantitative estimate of drug-likeness (QED) is 0.509. The molecule has 4 rings (SSSR count). The van der Waals surface area contributed by atoms with E-state index in [0.717, 1.165) is 32.1 Å². The molecule has 0 saturated heterocycles. The molecule has 2 N–H and O–H groups in total. The lowest BCUT2D eigenvalue weighted by molar-refractivity contribution is -0.268. The fourth-order valence-corrected chi connectivity index (χ4v) is 7.59. The Morgan fingerprint density at radius 2 is 2.03 bits per heavy atom. The van der Waals surface area contributed by atoms with Gasteiger partial charge in [0.15, 0.2) is 18.4 Å². The molecule has 30 heavy (non-hydrogen) atoms. The van der Waals surface area contributed by atoms with Gasteiger partial charge in [-0.25, -0.2) is 0 Å². The van der Waals surface area contributed by atoms with Crippen LogP contribution < -0.4 is 0 Å². The van der Waals surface area contributed by atoms with Gasteiger partial charge in [-0.2, -0.15) is 0 Å². The van der Waals surface area contributed by atoms with E-state index in [1.807, 2.05) is 6.08 Å². The van der Waals surface area contributed by atoms with Crippen molar-refractivity contribution in [2.45, 2.75) is 59.4 Å². The number of aliphatic hydroxyl groups is 2. The number of ether oxygens (including phenoxy) is 2. The van der Waals surface area contributed by atoms with Gasteiger partial charge >= 0.3 is 0 Å². The van der Waals surface area contributed by atoms with Gasteiger partial charge in [0.25, 0.3) is 6.48 Å². The van der Waals surface area contributed by atoms with Crippen LogP contribution in [0.5, 0.6) is 0 Å². The molecule has 0 radical (unpaired) electrons. The first-order valence-corrected chi connectivity index (χ1v) is 11.2. The Bertz CT molecular complexity index is 770. The Kier molecular flexibility index (Phi) is 5.81. The molecule has 6 heteroatoms. The summed E-state index contributed by atoms with van der Waals surface area (Å²) < 4.78 is 9.81. The lowest BCUT2D eigenvalue weighted by Crippen LogP contribution is -2.50. The van der Waals surface area contributed by atoms with Crippen LogP contribution in [0.15, 0.2) is 23.8 Å². The average molecular weight is 419 g/mol. The summed E-state index contributed by atoms with van der Waals surface area (Å²) in [6.45, 7) is 4.51. The maximum Gasteiger partial charge on any atom is 0.268 e. The summed E-state index contributed by atoms with van der Waals surface area (Å²) >= 11 is 0. The zero-order chi connectivity index (χ0) is 21.7. The second-order valence-electron chi connectivity index (χ2n) is 10.3. The number of hydrogen-bond acceptors (Lipinski definition) is 6. The van der Waals surface area contributed by atoms with E-state index < -0.39 is 6.48 Å². The summed E-state index contributed by atoms with van der Waals surface area (Å²) in [7, 11) is 0. The van der Waals surface area contributed by atoms with E-state index >= 15 is 0 Å². The summed E-state index contributed by atoms with van der Waals surface area (Å²) in [5.74, 6) is 2.05. The smallest absolute Gasteiger partial charge is 0.268 e. The molecule has 0 bridgehead atoms. The number of hydrogen-bond donors (Lipinski definition) is 2. The van der Waals surface area contributed by atoms with Crippen molar-refractivity contribution in [1.82, 2.24) is 0 Å². The molecule has 7 atom stereocenters. The van der Waals surface area contributed by atoms with Crippen LogP contribution in [0.3, 0.4) is 0 Å². The van der Waals surface area contributed by atoms with E-state index in [9.17, 15) is 9.59 Å². The number of fused-ring (bicyclic) bond motifs is 5. The average Bonchev–Trinajstić information content (AvgIpc) is 2.95. The number of allylic oxidation sites excluding steroid dienone is 4. The normalized spacial score (nSPS) is 42.5. The van der Waals surface area contributed by atoms with Gasteiger partial charge in [0.2, 0.25) is 0 Å². The Labute approximate surface area is 178 Å². The Morgan fingerprint density at radius 3 is 2.77 bits per heavy atom. The summed E-state index contributed by atoms with van der Waals surface area (Å²) in [5, 5.41) is 17.5. The Hall–Kier alpha value is -1.34. The van der Waals surface area contributed by atoms with E-state index in [-0.39, 0.29) is 41.7 Å². The molecule has 4 aliphatic rings. The van der Waals surface area contributed by atoms with Crippen LogP contribution in [0.4, 0.5) is 0 Å². The number of carbonyl (C=O) groups excluding carboxylic acids is 2. The molecular weight excluding hydrogens is 384 g/mol. The highest BCUT2D eigenvalue weighted by Crippen LogP contribution is 2.67. The number of carbonyl (C=O) groups is 2. The lowest BCUT2D eigenvalue weighted by atomic mass is 9.47. The van der Waals surface area contributed by atoms with Gasteiger partial charge in [-0.1, -0.05) is 32.4 Å². The van der Waals surface area contributed by atoms with Crippen molar-refractivity contribution in [3.05, 3.63) is 23.8 Å². The van der Waals surface area contributed by atoms with Crippen LogP contribution in [0.25, 0.3) is 0 Å². The summed E-state index contributed by atoms with van der Waals surface area (Å²) in [5.41, 5.74) is 1.22. The standard InChI is InChI=1S/C24H34O6/c1-14-10-19-17-5-4-15-11-16(25)6-8-23(15,2)18(17)7-9-24(19,3)21(14)20(26)12-29-13-30-22(27)28/h6,8,11,14,17-19,21-22,27-28H,4-5,7,9-10,12-13H2,1-3H3/t14-,17+,18-,19-,21+,23-,24-/m0/s1. The fraction of sp³-hybridized carbons (Fsp3) is 0.750. The van der Waals surface area contributed by atoms with Gasteiger partial charge < -0.3 is 19.7 Å². The highest BCUT2D eigenvalue weighted by molar-refractivity contribution is 6.01. The van der Waals surface area contributed by atoms with Gasteiger partial charge in [-0.15, -0.1) is 0 Å². The first-order valence-electron chi connectivity index (χ1n) is 11.2. The minimum atomic E-state index is -1.89. The molecule has 0 heterocycles. The maximum absolute atomic E-state index is 13.1.